The smallest absolute Gasteiger partial charge is 0.344 e. The summed E-state index contributed by atoms with van der Waals surface area (Å²) >= 11 is 0. The molecule has 0 N–H and O–H groups in total. The molecular formula is C24H25NO4. The van der Waals surface area contributed by atoms with Crippen LogP contribution < -0.4 is 4.74 Å². The van der Waals surface area contributed by atoms with Gasteiger partial charge in [-0.15, -0.1) is 0 Å². The first-order chi connectivity index (χ1) is 14.0. The maximum atomic E-state index is 12.5. The lowest BCUT2D eigenvalue weighted by molar-refractivity contribution is -0.154. The molecule has 0 aromatic heterocycles. The molecule has 3 aromatic carbocycles. The Morgan fingerprint density at radius 2 is 1.55 bits per heavy atom. The summed E-state index contributed by atoms with van der Waals surface area (Å²) in [6.07, 6.45) is 0. The quantitative estimate of drug-likeness (QED) is 0.540. The van der Waals surface area contributed by atoms with E-state index in [0.717, 1.165) is 16.3 Å². The topological polar surface area (TPSA) is 55.8 Å². The zero-order valence-corrected chi connectivity index (χ0v) is 16.7. The highest BCUT2D eigenvalue weighted by atomic mass is 16.6. The predicted molar refractivity (Wildman–Crippen MR) is 113 cm³/mol. The van der Waals surface area contributed by atoms with Gasteiger partial charge in [-0.2, -0.15) is 0 Å². The van der Waals surface area contributed by atoms with Gasteiger partial charge in [0.15, 0.2) is 13.2 Å². The number of esters is 1. The van der Waals surface area contributed by atoms with Gasteiger partial charge >= 0.3 is 5.97 Å². The van der Waals surface area contributed by atoms with Crippen LogP contribution in [0.15, 0.2) is 72.8 Å². The molecule has 0 fully saturated rings. The minimum atomic E-state index is -0.574. The average molecular weight is 391 g/mol. The summed E-state index contributed by atoms with van der Waals surface area (Å²) in [6, 6.07) is 23.2. The van der Waals surface area contributed by atoms with Gasteiger partial charge in [0.1, 0.15) is 5.75 Å². The summed E-state index contributed by atoms with van der Waals surface area (Å²) in [7, 11) is 0. The Morgan fingerprint density at radius 1 is 0.862 bits per heavy atom. The molecule has 5 heteroatoms. The van der Waals surface area contributed by atoms with Gasteiger partial charge in [-0.1, -0.05) is 60.7 Å². The van der Waals surface area contributed by atoms with Crippen molar-refractivity contribution >= 4 is 22.6 Å². The molecule has 0 saturated heterocycles. The fourth-order valence-corrected chi connectivity index (χ4v) is 3.01. The van der Waals surface area contributed by atoms with E-state index in [9.17, 15) is 9.59 Å². The van der Waals surface area contributed by atoms with Crippen LogP contribution in [-0.2, 0) is 20.9 Å². The standard InChI is InChI=1S/C24H25NO4/c1-18(2)25(15-19-8-4-3-5-9-19)23(26)16-29-24(27)17-28-22-13-12-20-10-6-7-11-21(20)14-22/h3-14,18H,15-17H2,1-2H3. The number of amides is 1. The summed E-state index contributed by atoms with van der Waals surface area (Å²) < 4.78 is 10.6. The fourth-order valence-electron chi connectivity index (χ4n) is 3.01. The zero-order valence-electron chi connectivity index (χ0n) is 16.7. The van der Waals surface area contributed by atoms with Crippen LogP contribution in [0, 0.1) is 0 Å². The first kappa shape index (κ1) is 20.4. The molecule has 0 heterocycles. The summed E-state index contributed by atoms with van der Waals surface area (Å²) in [5.74, 6) is -0.224. The second kappa shape index (κ2) is 9.73. The van der Waals surface area contributed by atoms with E-state index in [4.69, 9.17) is 9.47 Å². The summed E-state index contributed by atoms with van der Waals surface area (Å²) in [4.78, 5) is 26.2. The molecule has 29 heavy (non-hydrogen) atoms. The van der Waals surface area contributed by atoms with Crippen LogP contribution in [-0.4, -0.2) is 36.0 Å². The van der Waals surface area contributed by atoms with Crippen molar-refractivity contribution in [3.8, 4) is 5.75 Å². The number of ether oxygens (including phenoxy) is 2. The molecule has 0 aliphatic rings. The van der Waals surface area contributed by atoms with Gasteiger partial charge in [0, 0.05) is 12.6 Å². The minimum Gasteiger partial charge on any atom is -0.482 e. The number of carbonyl (C=O) groups is 2. The Labute approximate surface area is 170 Å². The van der Waals surface area contributed by atoms with Crippen LogP contribution in [0.1, 0.15) is 19.4 Å². The lowest BCUT2D eigenvalue weighted by Crippen LogP contribution is -2.39. The molecule has 150 valence electrons. The lowest BCUT2D eigenvalue weighted by atomic mass is 10.1. The van der Waals surface area contributed by atoms with E-state index in [0.29, 0.717) is 12.3 Å². The number of hydrogen-bond donors (Lipinski definition) is 0. The van der Waals surface area contributed by atoms with E-state index in [1.54, 1.807) is 11.0 Å². The Kier molecular flexibility index (Phi) is 6.85. The highest BCUT2D eigenvalue weighted by Gasteiger charge is 2.19. The van der Waals surface area contributed by atoms with Gasteiger partial charge in [0.05, 0.1) is 0 Å². The Hall–Kier alpha value is -3.34. The van der Waals surface area contributed by atoms with Crippen molar-refractivity contribution in [1.82, 2.24) is 4.90 Å². The van der Waals surface area contributed by atoms with Crippen molar-refractivity contribution in [1.29, 1.82) is 0 Å². The van der Waals surface area contributed by atoms with E-state index in [1.165, 1.54) is 0 Å². The molecule has 0 radical (unpaired) electrons. The third-order valence-electron chi connectivity index (χ3n) is 4.57. The molecule has 0 spiro atoms. The lowest BCUT2D eigenvalue weighted by Gasteiger charge is -2.26. The normalized spacial score (nSPS) is 10.7. The van der Waals surface area contributed by atoms with E-state index in [-0.39, 0.29) is 25.2 Å². The molecular weight excluding hydrogens is 366 g/mol. The highest BCUT2D eigenvalue weighted by molar-refractivity contribution is 5.84. The van der Waals surface area contributed by atoms with Crippen molar-refractivity contribution in [3.05, 3.63) is 78.4 Å². The third-order valence-corrected chi connectivity index (χ3v) is 4.57. The molecule has 0 saturated carbocycles. The van der Waals surface area contributed by atoms with Gasteiger partial charge in [-0.25, -0.2) is 4.79 Å². The molecule has 3 aromatic rings. The maximum absolute atomic E-state index is 12.5. The van der Waals surface area contributed by atoms with E-state index in [2.05, 4.69) is 0 Å². The maximum Gasteiger partial charge on any atom is 0.344 e. The molecule has 0 atom stereocenters. The molecule has 5 nitrogen and oxygen atoms in total. The van der Waals surface area contributed by atoms with Gasteiger partial charge in [-0.05, 0) is 42.3 Å². The van der Waals surface area contributed by atoms with Gasteiger partial charge in [-0.3, -0.25) is 4.79 Å². The van der Waals surface area contributed by atoms with Crippen molar-refractivity contribution in [2.75, 3.05) is 13.2 Å². The van der Waals surface area contributed by atoms with Gasteiger partial charge in [0.25, 0.3) is 5.91 Å². The first-order valence-corrected chi connectivity index (χ1v) is 9.63. The summed E-state index contributed by atoms with van der Waals surface area (Å²) in [6.45, 7) is 3.80. The SMILES string of the molecule is CC(C)N(Cc1ccccc1)C(=O)COC(=O)COc1ccc2ccccc2c1. The Bertz CT molecular complexity index is 969. The fraction of sp³-hybridized carbons (Fsp3) is 0.250. The highest BCUT2D eigenvalue weighted by Crippen LogP contribution is 2.20. The first-order valence-electron chi connectivity index (χ1n) is 9.63. The van der Waals surface area contributed by atoms with Crippen LogP contribution in [0.3, 0.4) is 0 Å². The number of nitrogens with zero attached hydrogens (tertiary/aromatic N) is 1. The number of hydrogen-bond acceptors (Lipinski definition) is 4. The van der Waals surface area contributed by atoms with Gasteiger partial charge < -0.3 is 14.4 Å². The number of carbonyl (C=O) groups excluding carboxylic acids is 2. The van der Waals surface area contributed by atoms with Crippen LogP contribution >= 0.6 is 0 Å². The molecule has 0 unspecified atom stereocenters. The van der Waals surface area contributed by atoms with Crippen molar-refractivity contribution in [3.63, 3.8) is 0 Å². The van der Waals surface area contributed by atoms with E-state index < -0.39 is 5.97 Å². The van der Waals surface area contributed by atoms with Crippen LogP contribution in [0.4, 0.5) is 0 Å². The molecule has 3 rings (SSSR count). The Morgan fingerprint density at radius 3 is 2.28 bits per heavy atom. The number of benzene rings is 3. The van der Waals surface area contributed by atoms with Crippen molar-refractivity contribution < 1.29 is 19.1 Å². The van der Waals surface area contributed by atoms with Crippen LogP contribution in [0.25, 0.3) is 10.8 Å². The average Bonchev–Trinajstić information content (AvgIpc) is 2.74. The Balaban J connectivity index is 1.49. The van der Waals surface area contributed by atoms with E-state index >= 15 is 0 Å². The minimum absolute atomic E-state index is 0.00439. The van der Waals surface area contributed by atoms with Gasteiger partial charge in [0.2, 0.25) is 0 Å². The van der Waals surface area contributed by atoms with Crippen molar-refractivity contribution in [2.24, 2.45) is 0 Å². The summed E-state index contributed by atoms with van der Waals surface area (Å²) in [5, 5.41) is 2.13. The second-order valence-electron chi connectivity index (χ2n) is 7.06. The largest absolute Gasteiger partial charge is 0.482 e. The molecule has 0 bridgehead atoms. The predicted octanol–water partition coefficient (Wildman–Crippen LogP) is 4.20. The van der Waals surface area contributed by atoms with Crippen LogP contribution in [0.2, 0.25) is 0 Å². The van der Waals surface area contributed by atoms with Crippen molar-refractivity contribution in [2.45, 2.75) is 26.4 Å². The molecule has 1 amide bonds. The number of fused-ring (bicyclic) bond motifs is 1. The summed E-state index contributed by atoms with van der Waals surface area (Å²) in [5.41, 5.74) is 1.03. The zero-order chi connectivity index (χ0) is 20.6. The monoisotopic (exact) mass is 391 g/mol. The number of rotatable bonds is 8. The molecule has 0 aliphatic heterocycles. The molecule has 0 aliphatic carbocycles. The third kappa shape index (κ3) is 5.82. The van der Waals surface area contributed by atoms with E-state index in [1.807, 2.05) is 80.6 Å². The van der Waals surface area contributed by atoms with Crippen LogP contribution in [0.5, 0.6) is 5.75 Å². The second-order valence-corrected chi connectivity index (χ2v) is 7.06.